The molecule has 32 heavy (non-hydrogen) atoms. The zero-order chi connectivity index (χ0) is 22.8. The minimum atomic E-state index is -3.70. The first-order chi connectivity index (χ1) is 15.6. The molecule has 0 aromatic rings. The van der Waals surface area contributed by atoms with Crippen molar-refractivity contribution >= 4 is 41.2 Å². The average Bonchev–Trinajstić information content (AvgIpc) is 2.85. The molecule has 14 heteroatoms. The van der Waals surface area contributed by atoms with E-state index in [4.69, 9.17) is 14.3 Å². The SMILES string of the molecule is [O-]N=C1CCCC/C1=N\O[B-](O)(O/N=C1\CCCC\C1=N\[O-])O/N=C1\CCCC\C1=N\[O-]. The van der Waals surface area contributed by atoms with Gasteiger partial charge in [0.15, 0.2) is 0 Å². The van der Waals surface area contributed by atoms with E-state index in [2.05, 4.69) is 30.9 Å². The summed E-state index contributed by atoms with van der Waals surface area (Å²) in [7, 11) is 0. The molecule has 1 N–H and O–H groups in total. The van der Waals surface area contributed by atoms with Crippen LogP contribution in [0.1, 0.15) is 77.0 Å². The van der Waals surface area contributed by atoms with Crippen molar-refractivity contribution < 1.29 is 19.3 Å². The molecule has 3 aliphatic rings. The number of oxime groups is 3. The molecule has 0 atom stereocenters. The maximum Gasteiger partial charge on any atom is 0.772 e. The van der Waals surface area contributed by atoms with Gasteiger partial charge in [0.1, 0.15) is 0 Å². The van der Waals surface area contributed by atoms with Crippen LogP contribution in [0.15, 0.2) is 30.9 Å². The molecule has 3 aliphatic carbocycles. The van der Waals surface area contributed by atoms with Gasteiger partial charge in [-0.25, -0.2) is 0 Å². The Morgan fingerprint density at radius 2 is 0.750 bits per heavy atom. The molecule has 3 rings (SSSR count). The first-order valence-electron chi connectivity index (χ1n) is 10.8. The Hall–Kier alpha value is -3.16. The van der Waals surface area contributed by atoms with E-state index in [9.17, 15) is 20.6 Å². The molecule has 0 aliphatic heterocycles. The Bertz CT molecular complexity index is 747. The van der Waals surface area contributed by atoms with E-state index >= 15 is 0 Å². The van der Waals surface area contributed by atoms with Gasteiger partial charge < -0.3 is 50.4 Å². The van der Waals surface area contributed by atoms with Crippen LogP contribution >= 0.6 is 0 Å². The smallest absolute Gasteiger partial charge is 0.772 e. The number of nitrogens with zero attached hydrogens (tertiary/aromatic N) is 6. The van der Waals surface area contributed by atoms with Crippen LogP contribution in [0.3, 0.4) is 0 Å². The second-order valence-corrected chi connectivity index (χ2v) is 7.77. The van der Waals surface area contributed by atoms with Gasteiger partial charge in [-0.2, -0.15) is 0 Å². The minimum absolute atomic E-state index is 0.216. The lowest BCUT2D eigenvalue weighted by Gasteiger charge is -2.30. The molecule has 13 nitrogen and oxygen atoms in total. The molecule has 0 amide bonds. The lowest BCUT2D eigenvalue weighted by atomic mass is 9.96. The quantitative estimate of drug-likeness (QED) is 0.476. The normalized spacial score (nSPS) is 28.0. The second-order valence-electron chi connectivity index (χ2n) is 7.77. The summed E-state index contributed by atoms with van der Waals surface area (Å²) in [6.45, 7) is -3.70. The van der Waals surface area contributed by atoms with E-state index in [1.54, 1.807) is 0 Å². The third kappa shape index (κ3) is 6.18. The zero-order valence-corrected chi connectivity index (χ0v) is 17.6. The lowest BCUT2D eigenvalue weighted by molar-refractivity contribution is -0.00403. The van der Waals surface area contributed by atoms with Crippen molar-refractivity contribution in [3.8, 4) is 0 Å². The summed E-state index contributed by atoms with van der Waals surface area (Å²) < 4.78 is 15.3. The Balaban J connectivity index is 1.82. The summed E-state index contributed by atoms with van der Waals surface area (Å²) in [6, 6.07) is 0. The maximum atomic E-state index is 11.0. The lowest BCUT2D eigenvalue weighted by Crippen LogP contribution is -2.43. The predicted molar refractivity (Wildman–Crippen MR) is 121 cm³/mol. The zero-order valence-electron chi connectivity index (χ0n) is 17.6. The van der Waals surface area contributed by atoms with Crippen molar-refractivity contribution in [1.82, 2.24) is 0 Å². The highest BCUT2D eigenvalue weighted by atomic mass is 16.9. The summed E-state index contributed by atoms with van der Waals surface area (Å²) in [5.74, 6) is 0. The van der Waals surface area contributed by atoms with Gasteiger partial charge in [-0.3, -0.25) is 0 Å². The second kappa shape index (κ2) is 11.5. The Morgan fingerprint density at radius 1 is 0.500 bits per heavy atom. The van der Waals surface area contributed by atoms with Gasteiger partial charge in [0.2, 0.25) is 0 Å². The van der Waals surface area contributed by atoms with Gasteiger partial charge in [-0.05, 0) is 77.0 Å². The Morgan fingerprint density at radius 3 is 1.00 bits per heavy atom. The fourth-order valence-corrected chi connectivity index (χ4v) is 3.66. The van der Waals surface area contributed by atoms with E-state index in [-0.39, 0.29) is 34.3 Å². The fourth-order valence-electron chi connectivity index (χ4n) is 3.66. The van der Waals surface area contributed by atoms with E-state index in [1.165, 1.54) is 0 Å². The number of hydrogen-bond donors (Lipinski definition) is 1. The Kier molecular flexibility index (Phi) is 8.42. The van der Waals surface area contributed by atoms with Crippen molar-refractivity contribution in [2.75, 3.05) is 0 Å². The molecular weight excluding hydrogens is 423 g/mol. The molecule has 0 heterocycles. The van der Waals surface area contributed by atoms with E-state index in [0.29, 0.717) is 38.5 Å². The Labute approximate surface area is 184 Å². The van der Waals surface area contributed by atoms with Crippen LogP contribution in [-0.2, 0) is 14.3 Å². The van der Waals surface area contributed by atoms with Crippen molar-refractivity contribution in [1.29, 1.82) is 0 Å². The molecule has 3 fully saturated rings. The van der Waals surface area contributed by atoms with Gasteiger partial charge in [-0.1, -0.05) is 0 Å². The standard InChI is InChI=1S/C18H28BN6O7/c26-19(30-23-16-10-4-1-7-13(16)20-27,31-24-17-11-5-2-8-14(17)21-28)32-25-18-12-6-3-9-15(18)22-29/h26-29H,1-12H2/q-1/p-3/b20-13-,21-14-,22-15?,23-16+,24-17+,25-18+. The first kappa shape index (κ1) is 23.5. The van der Waals surface area contributed by atoms with Crippen LogP contribution in [0.2, 0.25) is 0 Å². The summed E-state index contributed by atoms with van der Waals surface area (Å²) in [5, 5.41) is 64.2. The molecule has 0 aromatic carbocycles. The van der Waals surface area contributed by atoms with Crippen LogP contribution < -0.4 is 0 Å². The van der Waals surface area contributed by atoms with Gasteiger partial charge in [0.25, 0.3) is 0 Å². The first-order valence-corrected chi connectivity index (χ1v) is 10.8. The number of hydrogen-bond acceptors (Lipinski definition) is 13. The summed E-state index contributed by atoms with van der Waals surface area (Å²) in [4.78, 5) is 0. The van der Waals surface area contributed by atoms with Gasteiger partial charge in [0, 0.05) is 0 Å². The minimum Gasteiger partial charge on any atom is -0.792 e. The molecule has 0 spiro atoms. The molecule has 3 saturated carbocycles. The van der Waals surface area contributed by atoms with Crippen LogP contribution in [0.25, 0.3) is 0 Å². The number of rotatable bonds is 6. The molecule has 176 valence electrons. The maximum absolute atomic E-state index is 11.0. The van der Waals surface area contributed by atoms with Crippen LogP contribution in [0.4, 0.5) is 0 Å². The van der Waals surface area contributed by atoms with Crippen LogP contribution in [0.5, 0.6) is 0 Å². The van der Waals surface area contributed by atoms with Crippen molar-refractivity contribution in [3.63, 3.8) is 0 Å². The van der Waals surface area contributed by atoms with Crippen molar-refractivity contribution in [3.05, 3.63) is 15.6 Å². The summed E-state index contributed by atoms with van der Waals surface area (Å²) in [5.41, 5.74) is 1.43. The topological polar surface area (TPSA) is 191 Å². The van der Waals surface area contributed by atoms with Crippen molar-refractivity contribution in [2.24, 2.45) is 30.9 Å². The molecule has 0 aromatic heterocycles. The van der Waals surface area contributed by atoms with Gasteiger partial charge in [0.05, 0.1) is 34.3 Å². The molecular formula is C18H25BN6O7-4. The van der Waals surface area contributed by atoms with Crippen molar-refractivity contribution in [2.45, 2.75) is 77.0 Å². The molecule has 0 saturated heterocycles. The highest BCUT2D eigenvalue weighted by molar-refractivity contribution is 6.53. The van der Waals surface area contributed by atoms with E-state index < -0.39 is 6.96 Å². The highest BCUT2D eigenvalue weighted by Crippen LogP contribution is 2.19. The third-order valence-corrected chi connectivity index (χ3v) is 5.45. The molecule has 0 radical (unpaired) electrons. The fraction of sp³-hybridized carbons (Fsp3) is 0.667. The average molecular weight is 448 g/mol. The van der Waals surface area contributed by atoms with Crippen LogP contribution in [0, 0.1) is 15.6 Å². The predicted octanol–water partition coefficient (Wildman–Crippen LogP) is 3.07. The van der Waals surface area contributed by atoms with Crippen LogP contribution in [-0.4, -0.2) is 46.3 Å². The molecule has 0 bridgehead atoms. The van der Waals surface area contributed by atoms with E-state index in [1.807, 2.05) is 0 Å². The highest BCUT2D eigenvalue weighted by Gasteiger charge is 2.38. The van der Waals surface area contributed by atoms with E-state index in [0.717, 1.165) is 38.5 Å². The largest absolute Gasteiger partial charge is 0.792 e. The summed E-state index contributed by atoms with van der Waals surface area (Å²) >= 11 is 0. The monoisotopic (exact) mass is 448 g/mol. The third-order valence-electron chi connectivity index (χ3n) is 5.45. The summed E-state index contributed by atoms with van der Waals surface area (Å²) in [6.07, 6.45) is 7.28. The van der Waals surface area contributed by atoms with Gasteiger partial charge >= 0.3 is 6.96 Å². The van der Waals surface area contributed by atoms with Gasteiger partial charge in [-0.15, -0.1) is 15.5 Å². The molecule has 0 unspecified atom stereocenters.